The van der Waals surface area contributed by atoms with Crippen LogP contribution in [0.2, 0.25) is 0 Å². The average molecular weight is 389 g/mol. The summed E-state index contributed by atoms with van der Waals surface area (Å²) in [6, 6.07) is 13.7. The number of aromatic nitrogens is 2. The van der Waals surface area contributed by atoms with Crippen LogP contribution in [0.5, 0.6) is 0 Å². The van der Waals surface area contributed by atoms with Crippen molar-refractivity contribution in [1.82, 2.24) is 15.5 Å². The molecular formula is C20H18F3N3O2. The van der Waals surface area contributed by atoms with Gasteiger partial charge in [-0.1, -0.05) is 47.6 Å². The Labute approximate surface area is 159 Å². The van der Waals surface area contributed by atoms with Gasteiger partial charge in [-0.25, -0.2) is 0 Å². The fraction of sp³-hybridized carbons (Fsp3) is 0.250. The van der Waals surface area contributed by atoms with E-state index in [1.54, 1.807) is 6.92 Å². The maximum atomic E-state index is 12.8. The summed E-state index contributed by atoms with van der Waals surface area (Å²) in [5, 5.41) is 6.48. The lowest BCUT2D eigenvalue weighted by Crippen LogP contribution is -2.27. The van der Waals surface area contributed by atoms with Crippen molar-refractivity contribution in [2.45, 2.75) is 32.0 Å². The van der Waals surface area contributed by atoms with Crippen LogP contribution in [0.1, 0.15) is 36.4 Å². The topological polar surface area (TPSA) is 68.0 Å². The summed E-state index contributed by atoms with van der Waals surface area (Å²) in [5.41, 5.74) is 0.445. The summed E-state index contributed by atoms with van der Waals surface area (Å²) in [4.78, 5) is 16.2. The Bertz CT molecular complexity index is 939. The Hall–Kier alpha value is -3.16. The van der Waals surface area contributed by atoms with Gasteiger partial charge in [0, 0.05) is 12.0 Å². The highest BCUT2D eigenvalue weighted by atomic mass is 19.4. The third-order valence-corrected chi connectivity index (χ3v) is 4.12. The largest absolute Gasteiger partial charge is 0.416 e. The fourth-order valence-corrected chi connectivity index (χ4v) is 2.64. The highest BCUT2D eigenvalue weighted by Gasteiger charge is 2.31. The molecule has 0 saturated heterocycles. The Kier molecular flexibility index (Phi) is 5.77. The molecule has 0 aliphatic heterocycles. The van der Waals surface area contributed by atoms with Crippen LogP contribution in [-0.2, 0) is 17.4 Å². The first kappa shape index (κ1) is 19.6. The zero-order chi connectivity index (χ0) is 20.1. The van der Waals surface area contributed by atoms with Gasteiger partial charge in [0.1, 0.15) is 6.04 Å². The molecule has 2 aromatic carbocycles. The minimum atomic E-state index is -4.46. The van der Waals surface area contributed by atoms with Crippen LogP contribution >= 0.6 is 0 Å². The van der Waals surface area contributed by atoms with E-state index < -0.39 is 17.8 Å². The van der Waals surface area contributed by atoms with Gasteiger partial charge < -0.3 is 9.84 Å². The normalized spacial score (nSPS) is 12.6. The summed E-state index contributed by atoms with van der Waals surface area (Å²) in [6.07, 6.45) is -3.57. The molecule has 1 atom stereocenters. The van der Waals surface area contributed by atoms with E-state index in [1.807, 2.05) is 30.3 Å². The molecule has 1 aromatic heterocycles. The van der Waals surface area contributed by atoms with E-state index in [0.717, 1.165) is 17.7 Å². The van der Waals surface area contributed by atoms with Crippen molar-refractivity contribution in [3.05, 3.63) is 71.6 Å². The third-order valence-electron chi connectivity index (χ3n) is 4.12. The van der Waals surface area contributed by atoms with Crippen molar-refractivity contribution in [3.8, 4) is 11.4 Å². The Morgan fingerprint density at radius 3 is 2.61 bits per heavy atom. The molecule has 28 heavy (non-hydrogen) atoms. The SMILES string of the molecule is C[C@H](NC(=O)CCc1ccccc1)c1nc(-c2cccc(C(F)(F)F)c2)no1. The summed E-state index contributed by atoms with van der Waals surface area (Å²) in [7, 11) is 0. The van der Waals surface area contributed by atoms with Gasteiger partial charge in [-0.3, -0.25) is 4.79 Å². The maximum Gasteiger partial charge on any atom is 0.416 e. The van der Waals surface area contributed by atoms with Crippen molar-refractivity contribution in [1.29, 1.82) is 0 Å². The van der Waals surface area contributed by atoms with E-state index in [0.29, 0.717) is 12.8 Å². The molecule has 3 rings (SSSR count). The lowest BCUT2D eigenvalue weighted by Gasteiger charge is -2.09. The van der Waals surface area contributed by atoms with Crippen molar-refractivity contribution in [2.75, 3.05) is 0 Å². The number of aryl methyl sites for hydroxylation is 1. The maximum absolute atomic E-state index is 12.8. The van der Waals surface area contributed by atoms with Gasteiger partial charge in [-0.05, 0) is 31.0 Å². The van der Waals surface area contributed by atoms with Crippen LogP contribution in [-0.4, -0.2) is 16.0 Å². The zero-order valence-electron chi connectivity index (χ0n) is 15.0. The molecule has 0 bridgehead atoms. The number of hydrogen-bond donors (Lipinski definition) is 1. The molecule has 8 heteroatoms. The number of alkyl halides is 3. The van der Waals surface area contributed by atoms with Crippen LogP contribution < -0.4 is 5.32 Å². The van der Waals surface area contributed by atoms with Crippen molar-refractivity contribution >= 4 is 5.91 Å². The monoisotopic (exact) mass is 389 g/mol. The van der Waals surface area contributed by atoms with Crippen LogP contribution in [0.4, 0.5) is 13.2 Å². The van der Waals surface area contributed by atoms with E-state index in [1.165, 1.54) is 12.1 Å². The van der Waals surface area contributed by atoms with Gasteiger partial charge in [-0.2, -0.15) is 18.2 Å². The predicted octanol–water partition coefficient (Wildman–Crippen LogP) is 4.57. The molecule has 1 heterocycles. The number of halogens is 3. The van der Waals surface area contributed by atoms with Gasteiger partial charge in [0.25, 0.3) is 0 Å². The predicted molar refractivity (Wildman–Crippen MR) is 96.1 cm³/mol. The lowest BCUT2D eigenvalue weighted by atomic mass is 10.1. The van der Waals surface area contributed by atoms with Gasteiger partial charge >= 0.3 is 6.18 Å². The summed E-state index contributed by atoms with van der Waals surface area (Å²) < 4.78 is 43.6. The first-order valence-electron chi connectivity index (χ1n) is 8.67. The van der Waals surface area contributed by atoms with Gasteiger partial charge in [0.15, 0.2) is 0 Å². The quantitative estimate of drug-likeness (QED) is 0.671. The van der Waals surface area contributed by atoms with Gasteiger partial charge in [0.2, 0.25) is 17.6 Å². The smallest absolute Gasteiger partial charge is 0.345 e. The molecule has 0 unspecified atom stereocenters. The molecule has 1 amide bonds. The average Bonchev–Trinajstić information content (AvgIpc) is 3.17. The highest BCUT2D eigenvalue weighted by molar-refractivity contribution is 5.76. The number of benzene rings is 2. The summed E-state index contributed by atoms with van der Waals surface area (Å²) >= 11 is 0. The van der Waals surface area contributed by atoms with E-state index >= 15 is 0 Å². The highest BCUT2D eigenvalue weighted by Crippen LogP contribution is 2.31. The van der Waals surface area contributed by atoms with E-state index in [9.17, 15) is 18.0 Å². The van der Waals surface area contributed by atoms with Crippen molar-refractivity contribution in [2.24, 2.45) is 0 Å². The zero-order valence-corrected chi connectivity index (χ0v) is 15.0. The second-order valence-corrected chi connectivity index (χ2v) is 6.31. The summed E-state index contributed by atoms with van der Waals surface area (Å²) in [6.45, 7) is 1.67. The van der Waals surface area contributed by atoms with Crippen molar-refractivity contribution in [3.63, 3.8) is 0 Å². The van der Waals surface area contributed by atoms with Gasteiger partial charge in [0.05, 0.1) is 5.56 Å². The molecule has 0 fully saturated rings. The van der Waals surface area contributed by atoms with Crippen LogP contribution in [0.15, 0.2) is 59.1 Å². The molecular weight excluding hydrogens is 371 g/mol. The summed E-state index contributed by atoms with van der Waals surface area (Å²) in [5.74, 6) is -0.0258. The number of nitrogens with zero attached hydrogens (tertiary/aromatic N) is 2. The van der Waals surface area contributed by atoms with Gasteiger partial charge in [-0.15, -0.1) is 0 Å². The Balaban J connectivity index is 1.62. The number of carbonyl (C=O) groups excluding carboxylic acids is 1. The molecule has 146 valence electrons. The second kappa shape index (κ2) is 8.24. The molecule has 0 aliphatic carbocycles. The van der Waals surface area contributed by atoms with Crippen LogP contribution in [0, 0.1) is 0 Å². The van der Waals surface area contributed by atoms with Crippen molar-refractivity contribution < 1.29 is 22.5 Å². The van der Waals surface area contributed by atoms with Crippen LogP contribution in [0.25, 0.3) is 11.4 Å². The third kappa shape index (κ3) is 4.97. The van der Waals surface area contributed by atoms with E-state index in [2.05, 4.69) is 15.5 Å². The number of amides is 1. The standard InChI is InChI=1S/C20H18F3N3O2/c1-13(24-17(27)11-10-14-6-3-2-4-7-14)19-25-18(26-28-19)15-8-5-9-16(12-15)20(21,22)23/h2-9,12-13H,10-11H2,1H3,(H,24,27)/t13-/m0/s1. The minimum absolute atomic E-state index is 0.0338. The molecule has 5 nitrogen and oxygen atoms in total. The molecule has 1 N–H and O–H groups in total. The van der Waals surface area contributed by atoms with E-state index in [-0.39, 0.29) is 23.2 Å². The molecule has 0 radical (unpaired) electrons. The lowest BCUT2D eigenvalue weighted by molar-refractivity contribution is -0.137. The number of nitrogens with one attached hydrogen (secondary N) is 1. The first-order chi connectivity index (χ1) is 13.3. The van der Waals surface area contributed by atoms with E-state index in [4.69, 9.17) is 4.52 Å². The number of rotatable bonds is 6. The second-order valence-electron chi connectivity index (χ2n) is 6.31. The Morgan fingerprint density at radius 1 is 1.14 bits per heavy atom. The van der Waals surface area contributed by atoms with Crippen LogP contribution in [0.3, 0.4) is 0 Å². The molecule has 0 saturated carbocycles. The minimum Gasteiger partial charge on any atom is -0.345 e. The number of carbonyl (C=O) groups is 1. The fourth-order valence-electron chi connectivity index (χ4n) is 2.64. The molecule has 0 aliphatic rings. The molecule has 3 aromatic rings. The number of hydrogen-bond acceptors (Lipinski definition) is 4. The first-order valence-corrected chi connectivity index (χ1v) is 8.67. The molecule has 0 spiro atoms. The Morgan fingerprint density at radius 2 is 1.89 bits per heavy atom.